The third kappa shape index (κ3) is 3.82. The van der Waals surface area contributed by atoms with Gasteiger partial charge in [0.1, 0.15) is 24.1 Å². The topological polar surface area (TPSA) is 221 Å². The van der Waals surface area contributed by atoms with Gasteiger partial charge in [0.15, 0.2) is 17.2 Å². The summed E-state index contributed by atoms with van der Waals surface area (Å²) in [7, 11) is -4.32. The Morgan fingerprint density at radius 1 is 1.28 bits per heavy atom. The number of nitrogen functional groups attached to an aromatic ring is 2. The van der Waals surface area contributed by atoms with E-state index in [4.69, 9.17) is 16.2 Å². The molecule has 0 spiro atoms. The standard InChI is InChI=1S/C17H20N8O6S/c18-10-4-2-1-3-9(10)16(27)24-32(29,30)23-5-11-13(26)17(28,6-31-11)25-8-22-12-14(19)20-7-21-15(12)25/h1-4,7-8,11,13,23,26,28H,5-6,18H2,(H,24,27)(H2,19,20,21)/t11-,13-,17-/m1/s1. The fourth-order valence-electron chi connectivity index (χ4n) is 3.33. The van der Waals surface area contributed by atoms with Crippen LogP contribution in [-0.4, -0.2) is 69.4 Å². The van der Waals surface area contributed by atoms with Gasteiger partial charge in [-0.3, -0.25) is 9.36 Å². The van der Waals surface area contributed by atoms with E-state index in [1.54, 1.807) is 6.07 Å². The number of benzene rings is 1. The summed E-state index contributed by atoms with van der Waals surface area (Å²) in [6.45, 7) is -0.830. The minimum absolute atomic E-state index is 0.0161. The van der Waals surface area contributed by atoms with Crippen molar-refractivity contribution < 1.29 is 28.2 Å². The van der Waals surface area contributed by atoms with Crippen LogP contribution in [-0.2, 0) is 20.7 Å². The lowest BCUT2D eigenvalue weighted by Gasteiger charge is -2.27. The zero-order valence-electron chi connectivity index (χ0n) is 16.4. The summed E-state index contributed by atoms with van der Waals surface area (Å²) in [5.41, 5.74) is 9.90. The van der Waals surface area contributed by atoms with Crippen LogP contribution in [0.15, 0.2) is 36.9 Å². The molecule has 0 saturated carbocycles. The lowest BCUT2D eigenvalue weighted by atomic mass is 10.1. The lowest BCUT2D eigenvalue weighted by molar-refractivity contribution is -0.107. The summed E-state index contributed by atoms with van der Waals surface area (Å²) in [6, 6.07) is 5.96. The number of amides is 1. The molecular formula is C17H20N8O6S. The number of aromatic nitrogens is 4. The third-order valence-corrected chi connectivity index (χ3v) is 6.02. The number of hydrogen-bond acceptors (Lipinski definition) is 11. The molecule has 1 fully saturated rings. The van der Waals surface area contributed by atoms with Crippen LogP contribution < -0.4 is 20.9 Å². The molecule has 4 rings (SSSR count). The number of para-hydroxylation sites is 1. The normalized spacial score (nSPS) is 23.4. The number of aliphatic hydroxyl groups excluding tert-OH is 1. The summed E-state index contributed by atoms with van der Waals surface area (Å²) >= 11 is 0. The van der Waals surface area contributed by atoms with Crippen molar-refractivity contribution in [3.8, 4) is 0 Å². The van der Waals surface area contributed by atoms with E-state index >= 15 is 0 Å². The summed E-state index contributed by atoms with van der Waals surface area (Å²) in [6.07, 6.45) is -0.321. The molecule has 2 aromatic heterocycles. The quantitative estimate of drug-likeness (QED) is 0.212. The number of imidazole rings is 1. The van der Waals surface area contributed by atoms with Crippen LogP contribution in [0.3, 0.4) is 0 Å². The number of aliphatic hydroxyl groups is 2. The molecule has 1 saturated heterocycles. The minimum Gasteiger partial charge on any atom is -0.398 e. The Hall–Kier alpha value is -3.37. The number of nitrogens with zero attached hydrogens (tertiary/aromatic N) is 4. The van der Waals surface area contributed by atoms with Crippen LogP contribution in [0, 0.1) is 0 Å². The van der Waals surface area contributed by atoms with Gasteiger partial charge in [0, 0.05) is 12.2 Å². The molecule has 0 aliphatic carbocycles. The van der Waals surface area contributed by atoms with Gasteiger partial charge < -0.3 is 26.4 Å². The molecule has 8 N–H and O–H groups in total. The highest BCUT2D eigenvalue weighted by molar-refractivity contribution is 7.88. The predicted octanol–water partition coefficient (Wildman–Crippen LogP) is -2.34. The molecule has 3 atom stereocenters. The Morgan fingerprint density at radius 3 is 2.78 bits per heavy atom. The first kappa shape index (κ1) is 21.8. The molecule has 1 aliphatic rings. The molecule has 3 aromatic rings. The Kier molecular flexibility index (Phi) is 5.43. The molecule has 3 heterocycles. The van der Waals surface area contributed by atoms with Gasteiger partial charge in [-0.25, -0.2) is 19.7 Å². The molecule has 32 heavy (non-hydrogen) atoms. The largest absolute Gasteiger partial charge is 0.398 e. The number of nitrogens with two attached hydrogens (primary N) is 2. The van der Waals surface area contributed by atoms with E-state index in [0.29, 0.717) is 0 Å². The molecule has 14 nitrogen and oxygen atoms in total. The van der Waals surface area contributed by atoms with Gasteiger partial charge in [-0.05, 0) is 12.1 Å². The van der Waals surface area contributed by atoms with Crippen molar-refractivity contribution in [1.29, 1.82) is 0 Å². The van der Waals surface area contributed by atoms with Gasteiger partial charge in [-0.2, -0.15) is 13.1 Å². The summed E-state index contributed by atoms with van der Waals surface area (Å²) in [5.74, 6) is -0.841. The first-order valence-electron chi connectivity index (χ1n) is 9.24. The molecule has 0 bridgehead atoms. The van der Waals surface area contributed by atoms with Crippen LogP contribution in [0.4, 0.5) is 11.5 Å². The van der Waals surface area contributed by atoms with Gasteiger partial charge in [0.2, 0.25) is 0 Å². The third-order valence-electron chi connectivity index (χ3n) is 5.02. The van der Waals surface area contributed by atoms with E-state index in [9.17, 15) is 23.4 Å². The van der Waals surface area contributed by atoms with Gasteiger partial charge in [-0.15, -0.1) is 0 Å². The number of nitrogens with one attached hydrogen (secondary N) is 2. The van der Waals surface area contributed by atoms with Crippen LogP contribution in [0.5, 0.6) is 0 Å². The second kappa shape index (κ2) is 7.95. The first-order chi connectivity index (χ1) is 15.1. The first-order valence-corrected chi connectivity index (χ1v) is 10.7. The van der Waals surface area contributed by atoms with E-state index in [0.717, 1.165) is 0 Å². The SMILES string of the molecule is Nc1ccccc1C(=O)NS(=O)(=O)NC[C@H]1OC[C@](O)(n2cnc3c(N)ncnc32)[C@@H]1O. The van der Waals surface area contributed by atoms with Crippen LogP contribution in [0.2, 0.25) is 0 Å². The molecule has 1 amide bonds. The number of fused-ring (bicyclic) bond motifs is 1. The van der Waals surface area contributed by atoms with E-state index < -0.39 is 40.6 Å². The van der Waals surface area contributed by atoms with Gasteiger partial charge in [0.25, 0.3) is 5.91 Å². The van der Waals surface area contributed by atoms with Crippen LogP contribution in [0.25, 0.3) is 11.2 Å². The fraction of sp³-hybridized carbons (Fsp3) is 0.294. The number of carbonyl (C=O) groups excluding carboxylic acids is 1. The average molecular weight is 464 g/mol. The predicted molar refractivity (Wildman–Crippen MR) is 111 cm³/mol. The summed E-state index contributed by atoms with van der Waals surface area (Å²) in [4.78, 5) is 24.1. The Balaban J connectivity index is 1.45. The smallest absolute Gasteiger partial charge is 0.301 e. The van der Waals surface area contributed by atoms with Gasteiger partial charge >= 0.3 is 10.2 Å². The molecule has 1 aromatic carbocycles. The number of ether oxygens (including phenoxy) is 1. The minimum atomic E-state index is -4.32. The highest BCUT2D eigenvalue weighted by Crippen LogP contribution is 2.32. The second-order valence-corrected chi connectivity index (χ2v) is 8.59. The number of anilines is 2. The summed E-state index contributed by atoms with van der Waals surface area (Å²) < 4.78 is 35.0. The van der Waals surface area contributed by atoms with E-state index in [1.807, 2.05) is 4.72 Å². The Bertz CT molecular complexity index is 1280. The molecule has 1 aliphatic heterocycles. The van der Waals surface area contributed by atoms with Crippen molar-refractivity contribution in [2.24, 2.45) is 0 Å². The highest BCUT2D eigenvalue weighted by atomic mass is 32.2. The number of carbonyl (C=O) groups is 1. The average Bonchev–Trinajstić information content (AvgIpc) is 3.30. The zero-order chi connectivity index (χ0) is 23.1. The molecule has 15 heteroatoms. The fourth-order valence-corrected chi connectivity index (χ4v) is 4.14. The lowest BCUT2D eigenvalue weighted by Crippen LogP contribution is -2.50. The van der Waals surface area contributed by atoms with Crippen molar-refractivity contribution in [3.05, 3.63) is 42.5 Å². The van der Waals surface area contributed by atoms with Crippen molar-refractivity contribution in [1.82, 2.24) is 29.0 Å². The van der Waals surface area contributed by atoms with Gasteiger partial charge in [0.05, 0.1) is 18.5 Å². The van der Waals surface area contributed by atoms with Gasteiger partial charge in [-0.1, -0.05) is 12.1 Å². The van der Waals surface area contributed by atoms with E-state index in [-0.39, 0.29) is 34.8 Å². The monoisotopic (exact) mass is 464 g/mol. The molecular weight excluding hydrogens is 444 g/mol. The van der Waals surface area contributed by atoms with E-state index in [2.05, 4.69) is 19.7 Å². The van der Waals surface area contributed by atoms with Crippen LogP contribution in [0.1, 0.15) is 10.4 Å². The maximum absolute atomic E-state index is 12.3. The Morgan fingerprint density at radius 2 is 2.03 bits per heavy atom. The molecule has 170 valence electrons. The maximum Gasteiger partial charge on any atom is 0.301 e. The zero-order valence-corrected chi connectivity index (χ0v) is 17.2. The van der Waals surface area contributed by atoms with Crippen LogP contribution >= 0.6 is 0 Å². The number of rotatable bonds is 6. The maximum atomic E-state index is 12.3. The molecule has 0 radical (unpaired) electrons. The molecule has 0 unspecified atom stereocenters. The highest BCUT2D eigenvalue weighted by Gasteiger charge is 2.50. The van der Waals surface area contributed by atoms with Crippen molar-refractivity contribution in [2.45, 2.75) is 17.9 Å². The van der Waals surface area contributed by atoms with Crippen molar-refractivity contribution >= 4 is 38.8 Å². The second-order valence-electron chi connectivity index (χ2n) is 7.09. The Labute approximate surface area is 181 Å². The van der Waals surface area contributed by atoms with E-state index in [1.165, 1.54) is 35.4 Å². The van der Waals surface area contributed by atoms with Crippen molar-refractivity contribution in [3.63, 3.8) is 0 Å². The van der Waals surface area contributed by atoms with Crippen molar-refractivity contribution in [2.75, 3.05) is 24.6 Å². The number of hydrogen-bond donors (Lipinski definition) is 6. The summed E-state index contributed by atoms with van der Waals surface area (Å²) in [5, 5.41) is 21.7.